The number of carbonyl (C=O) groups excluding carboxylic acids is 1. The molecular formula is C20H20FN3O2S. The first-order valence-corrected chi connectivity index (χ1v) is 9.37. The fraction of sp³-hybridized carbons (Fsp3) is 0.250. The lowest BCUT2D eigenvalue weighted by Gasteiger charge is -2.20. The third-order valence-corrected chi connectivity index (χ3v) is 4.94. The Morgan fingerprint density at radius 3 is 2.67 bits per heavy atom. The maximum Gasteiger partial charge on any atom is 0.277 e. The van der Waals surface area contributed by atoms with E-state index in [1.54, 1.807) is 31.0 Å². The second kappa shape index (κ2) is 8.35. The van der Waals surface area contributed by atoms with E-state index < -0.39 is 5.25 Å². The zero-order valence-electron chi connectivity index (χ0n) is 15.3. The third kappa shape index (κ3) is 4.95. The number of aryl methyl sites for hydroxylation is 1. The standard InChI is InChI=1S/C20H20FN3O2S/c1-13-7-9-16(10-8-13)18-22-23-20(26-18)27-14(2)19(25)24(3)12-15-5-4-6-17(21)11-15/h4-11,14H,12H2,1-3H3/t14-/m0/s1. The Morgan fingerprint density at radius 2 is 1.96 bits per heavy atom. The quantitative estimate of drug-likeness (QED) is 0.591. The molecule has 0 bridgehead atoms. The molecule has 3 rings (SSSR count). The minimum atomic E-state index is -0.408. The Morgan fingerprint density at radius 1 is 1.22 bits per heavy atom. The van der Waals surface area contributed by atoms with E-state index in [1.807, 2.05) is 31.2 Å². The molecule has 0 fully saturated rings. The number of amides is 1. The van der Waals surface area contributed by atoms with Crippen LogP contribution in [0.5, 0.6) is 0 Å². The fourth-order valence-electron chi connectivity index (χ4n) is 2.57. The van der Waals surface area contributed by atoms with Gasteiger partial charge in [-0.2, -0.15) is 0 Å². The minimum absolute atomic E-state index is 0.0978. The van der Waals surface area contributed by atoms with Crippen LogP contribution in [-0.4, -0.2) is 33.3 Å². The summed E-state index contributed by atoms with van der Waals surface area (Å²) in [4.78, 5) is 14.1. The first-order chi connectivity index (χ1) is 12.9. The van der Waals surface area contributed by atoms with Crippen LogP contribution < -0.4 is 0 Å². The molecule has 0 aliphatic heterocycles. The van der Waals surface area contributed by atoms with Crippen molar-refractivity contribution in [3.05, 3.63) is 65.5 Å². The number of hydrogen-bond donors (Lipinski definition) is 0. The molecule has 0 saturated heterocycles. The smallest absolute Gasteiger partial charge is 0.277 e. The monoisotopic (exact) mass is 385 g/mol. The lowest BCUT2D eigenvalue weighted by Crippen LogP contribution is -2.32. The van der Waals surface area contributed by atoms with E-state index in [9.17, 15) is 9.18 Å². The minimum Gasteiger partial charge on any atom is -0.411 e. The zero-order valence-corrected chi connectivity index (χ0v) is 16.2. The van der Waals surface area contributed by atoms with Crippen LogP contribution in [0.1, 0.15) is 18.1 Å². The molecule has 1 amide bonds. The maximum atomic E-state index is 13.3. The molecule has 0 saturated carbocycles. The predicted octanol–water partition coefficient (Wildman–Crippen LogP) is 4.32. The van der Waals surface area contributed by atoms with Crippen molar-refractivity contribution in [2.75, 3.05) is 7.05 Å². The topological polar surface area (TPSA) is 59.2 Å². The van der Waals surface area contributed by atoms with Crippen molar-refractivity contribution in [2.24, 2.45) is 0 Å². The Labute approximate surface area is 161 Å². The number of thioether (sulfide) groups is 1. The highest BCUT2D eigenvalue weighted by Gasteiger charge is 2.22. The summed E-state index contributed by atoms with van der Waals surface area (Å²) < 4.78 is 19.0. The Bertz CT molecular complexity index is 927. The summed E-state index contributed by atoms with van der Waals surface area (Å²) in [7, 11) is 1.69. The first kappa shape index (κ1) is 19.1. The lowest BCUT2D eigenvalue weighted by molar-refractivity contribution is -0.129. The summed E-state index contributed by atoms with van der Waals surface area (Å²) in [5.74, 6) is 0.00915. The maximum absolute atomic E-state index is 13.3. The van der Waals surface area contributed by atoms with Gasteiger partial charge >= 0.3 is 0 Å². The van der Waals surface area contributed by atoms with Crippen molar-refractivity contribution < 1.29 is 13.6 Å². The van der Waals surface area contributed by atoms with Crippen LogP contribution in [0, 0.1) is 12.7 Å². The van der Waals surface area contributed by atoms with Gasteiger partial charge in [-0.25, -0.2) is 4.39 Å². The molecule has 5 nitrogen and oxygen atoms in total. The van der Waals surface area contributed by atoms with Crippen molar-refractivity contribution >= 4 is 17.7 Å². The average Bonchev–Trinajstić information content (AvgIpc) is 3.10. The summed E-state index contributed by atoms with van der Waals surface area (Å²) in [6.45, 7) is 4.12. The Kier molecular flexibility index (Phi) is 5.91. The highest BCUT2D eigenvalue weighted by Crippen LogP contribution is 2.27. The normalized spacial score (nSPS) is 12.0. The second-order valence-corrected chi connectivity index (χ2v) is 7.62. The molecule has 27 heavy (non-hydrogen) atoms. The second-order valence-electron chi connectivity index (χ2n) is 6.32. The van der Waals surface area contributed by atoms with E-state index >= 15 is 0 Å². The van der Waals surface area contributed by atoms with Gasteiger partial charge in [0.25, 0.3) is 5.22 Å². The van der Waals surface area contributed by atoms with Crippen molar-refractivity contribution in [3.8, 4) is 11.5 Å². The van der Waals surface area contributed by atoms with Gasteiger partial charge in [0.2, 0.25) is 11.8 Å². The van der Waals surface area contributed by atoms with Gasteiger partial charge in [0.15, 0.2) is 0 Å². The molecular weight excluding hydrogens is 365 g/mol. The molecule has 2 aromatic carbocycles. The summed E-state index contributed by atoms with van der Waals surface area (Å²) in [5, 5.41) is 8.00. The average molecular weight is 385 g/mol. The van der Waals surface area contributed by atoms with Crippen LogP contribution in [0.15, 0.2) is 58.2 Å². The first-order valence-electron chi connectivity index (χ1n) is 8.49. The van der Waals surface area contributed by atoms with Crippen LogP contribution in [0.25, 0.3) is 11.5 Å². The molecule has 0 N–H and O–H groups in total. The molecule has 3 aromatic rings. The van der Waals surface area contributed by atoms with Crippen LogP contribution in [0.2, 0.25) is 0 Å². The van der Waals surface area contributed by atoms with Gasteiger partial charge in [-0.1, -0.05) is 41.6 Å². The molecule has 1 heterocycles. The van der Waals surface area contributed by atoms with Crippen molar-refractivity contribution in [3.63, 3.8) is 0 Å². The molecule has 0 unspecified atom stereocenters. The van der Waals surface area contributed by atoms with Crippen molar-refractivity contribution in [1.29, 1.82) is 0 Å². The summed E-state index contributed by atoms with van der Waals surface area (Å²) in [6.07, 6.45) is 0. The zero-order chi connectivity index (χ0) is 19.4. The van der Waals surface area contributed by atoms with Crippen molar-refractivity contribution in [1.82, 2.24) is 15.1 Å². The molecule has 0 aliphatic rings. The number of carbonyl (C=O) groups is 1. The van der Waals surface area contributed by atoms with E-state index in [-0.39, 0.29) is 11.7 Å². The van der Waals surface area contributed by atoms with Gasteiger partial charge in [0.1, 0.15) is 5.82 Å². The number of hydrogen-bond acceptors (Lipinski definition) is 5. The molecule has 0 radical (unpaired) electrons. The van der Waals surface area contributed by atoms with E-state index in [0.29, 0.717) is 17.7 Å². The highest BCUT2D eigenvalue weighted by molar-refractivity contribution is 8.00. The molecule has 1 aromatic heterocycles. The van der Waals surface area contributed by atoms with Gasteiger partial charge < -0.3 is 9.32 Å². The number of rotatable bonds is 6. The SMILES string of the molecule is Cc1ccc(-c2nnc(S[C@@H](C)C(=O)N(C)Cc3cccc(F)c3)o2)cc1. The van der Waals surface area contributed by atoms with Gasteiger partial charge in [-0.3, -0.25) is 4.79 Å². The number of aromatic nitrogens is 2. The molecule has 1 atom stereocenters. The fourth-order valence-corrected chi connectivity index (χ4v) is 3.37. The van der Waals surface area contributed by atoms with E-state index in [1.165, 1.54) is 23.9 Å². The predicted molar refractivity (Wildman–Crippen MR) is 103 cm³/mol. The van der Waals surface area contributed by atoms with Gasteiger partial charge in [0, 0.05) is 19.2 Å². The lowest BCUT2D eigenvalue weighted by atomic mass is 10.1. The van der Waals surface area contributed by atoms with E-state index in [4.69, 9.17) is 4.42 Å². The van der Waals surface area contributed by atoms with Crippen LogP contribution in [0.4, 0.5) is 4.39 Å². The number of nitrogens with zero attached hydrogens (tertiary/aromatic N) is 3. The van der Waals surface area contributed by atoms with Gasteiger partial charge in [0.05, 0.1) is 5.25 Å². The molecule has 140 valence electrons. The van der Waals surface area contributed by atoms with Crippen LogP contribution in [-0.2, 0) is 11.3 Å². The highest BCUT2D eigenvalue weighted by atomic mass is 32.2. The summed E-state index contributed by atoms with van der Waals surface area (Å²) >= 11 is 1.21. The van der Waals surface area contributed by atoms with E-state index in [0.717, 1.165) is 16.7 Å². The number of benzene rings is 2. The molecule has 7 heteroatoms. The Hall–Kier alpha value is -2.67. The largest absolute Gasteiger partial charge is 0.411 e. The van der Waals surface area contributed by atoms with Crippen LogP contribution >= 0.6 is 11.8 Å². The van der Waals surface area contributed by atoms with Crippen molar-refractivity contribution in [2.45, 2.75) is 30.9 Å². The van der Waals surface area contributed by atoms with Crippen LogP contribution in [0.3, 0.4) is 0 Å². The van der Waals surface area contributed by atoms with Gasteiger partial charge in [-0.15, -0.1) is 10.2 Å². The summed E-state index contributed by atoms with van der Waals surface area (Å²) in [5.41, 5.74) is 2.72. The van der Waals surface area contributed by atoms with Gasteiger partial charge in [-0.05, 0) is 43.7 Å². The Balaban J connectivity index is 1.61. The molecule has 0 spiro atoms. The third-order valence-electron chi connectivity index (χ3n) is 4.02. The van der Waals surface area contributed by atoms with E-state index in [2.05, 4.69) is 10.2 Å². The number of halogens is 1. The summed E-state index contributed by atoms with van der Waals surface area (Å²) in [6, 6.07) is 14.0. The molecule has 0 aliphatic carbocycles.